The van der Waals surface area contributed by atoms with E-state index < -0.39 is 6.04 Å². The number of para-hydroxylation sites is 2. The van der Waals surface area contributed by atoms with Crippen LogP contribution in [0.5, 0.6) is 5.75 Å². The highest BCUT2D eigenvalue weighted by atomic mass is 16.5. The third-order valence-electron chi connectivity index (χ3n) is 6.01. The lowest BCUT2D eigenvalue weighted by Gasteiger charge is -2.33. The normalized spacial score (nSPS) is 18.3. The van der Waals surface area contributed by atoms with Crippen molar-refractivity contribution in [3.8, 4) is 5.75 Å². The quantitative estimate of drug-likeness (QED) is 0.656. The third kappa shape index (κ3) is 3.56. The standard InChI is InChI=1S/C24H24N4O3/c1-26-19-9-5-6-10-21(19)31-16-20(23(26)29)28-14-12-18-15-27(25-22(18)24(28)30)13-11-17-7-3-2-4-8-17/h2-10,15,20H,11-14,16H2,1H3/t20-/m0/s1. The predicted octanol–water partition coefficient (Wildman–Crippen LogP) is 2.55. The molecule has 0 bridgehead atoms. The van der Waals surface area contributed by atoms with E-state index in [0.717, 1.165) is 12.0 Å². The molecule has 31 heavy (non-hydrogen) atoms. The molecule has 1 aromatic heterocycles. The predicted molar refractivity (Wildman–Crippen MR) is 116 cm³/mol. The van der Waals surface area contributed by atoms with E-state index >= 15 is 0 Å². The highest BCUT2D eigenvalue weighted by Crippen LogP contribution is 2.32. The molecule has 7 nitrogen and oxygen atoms in total. The summed E-state index contributed by atoms with van der Waals surface area (Å²) < 4.78 is 7.74. The Labute approximate surface area is 180 Å². The number of carbonyl (C=O) groups excluding carboxylic acids is 2. The van der Waals surface area contributed by atoms with Crippen LogP contribution in [0.1, 0.15) is 21.6 Å². The topological polar surface area (TPSA) is 67.7 Å². The van der Waals surface area contributed by atoms with Gasteiger partial charge in [-0.1, -0.05) is 42.5 Å². The molecule has 0 radical (unpaired) electrons. The minimum absolute atomic E-state index is 0.135. The molecule has 0 aliphatic carbocycles. The lowest BCUT2D eigenvalue weighted by Crippen LogP contribution is -2.54. The fourth-order valence-electron chi connectivity index (χ4n) is 4.27. The van der Waals surface area contributed by atoms with Crippen molar-refractivity contribution in [1.82, 2.24) is 14.7 Å². The zero-order chi connectivity index (χ0) is 21.4. The Kier molecular flexibility index (Phi) is 4.94. The summed E-state index contributed by atoms with van der Waals surface area (Å²) in [5, 5.41) is 4.56. The molecule has 1 atom stereocenters. The molecule has 2 aliphatic heterocycles. The van der Waals surface area contributed by atoms with Gasteiger partial charge in [-0.05, 0) is 30.5 Å². The molecule has 2 amide bonds. The SMILES string of the molecule is CN1C(=O)[C@@H](N2CCc3cn(CCc4ccccc4)nc3C2=O)COc2ccccc21. The van der Waals surface area contributed by atoms with E-state index in [1.54, 1.807) is 16.8 Å². The minimum atomic E-state index is -0.674. The number of hydrogen-bond donors (Lipinski definition) is 0. The summed E-state index contributed by atoms with van der Waals surface area (Å²) in [7, 11) is 1.72. The van der Waals surface area contributed by atoms with Crippen LogP contribution in [0.15, 0.2) is 60.8 Å². The Morgan fingerprint density at radius 2 is 1.84 bits per heavy atom. The Bertz CT molecular complexity index is 1120. The first-order valence-corrected chi connectivity index (χ1v) is 10.5. The number of aryl methyl sites for hydroxylation is 2. The fraction of sp³-hybridized carbons (Fsp3) is 0.292. The van der Waals surface area contributed by atoms with E-state index in [1.165, 1.54) is 5.56 Å². The van der Waals surface area contributed by atoms with Crippen LogP contribution in [0.25, 0.3) is 0 Å². The number of carbonyl (C=O) groups is 2. The number of hydrogen-bond acceptors (Lipinski definition) is 4. The molecule has 0 fully saturated rings. The van der Waals surface area contributed by atoms with E-state index in [9.17, 15) is 9.59 Å². The van der Waals surface area contributed by atoms with Gasteiger partial charge in [0.05, 0.1) is 5.69 Å². The number of rotatable bonds is 4. The molecule has 0 spiro atoms. The number of ether oxygens (including phenoxy) is 1. The van der Waals surface area contributed by atoms with E-state index in [2.05, 4.69) is 17.2 Å². The van der Waals surface area contributed by atoms with E-state index in [0.29, 0.717) is 36.6 Å². The Hall–Kier alpha value is -3.61. The second-order valence-electron chi connectivity index (χ2n) is 7.94. The van der Waals surface area contributed by atoms with Crippen molar-refractivity contribution in [3.05, 3.63) is 77.6 Å². The Morgan fingerprint density at radius 1 is 1.06 bits per heavy atom. The molecule has 3 heterocycles. The monoisotopic (exact) mass is 416 g/mol. The molecule has 2 aromatic carbocycles. The smallest absolute Gasteiger partial charge is 0.275 e. The van der Waals surface area contributed by atoms with Gasteiger partial charge in [0.2, 0.25) is 0 Å². The highest BCUT2D eigenvalue weighted by Gasteiger charge is 2.39. The van der Waals surface area contributed by atoms with Crippen LogP contribution < -0.4 is 9.64 Å². The second kappa shape index (κ2) is 7.91. The largest absolute Gasteiger partial charge is 0.489 e. The Morgan fingerprint density at radius 3 is 2.68 bits per heavy atom. The van der Waals surface area contributed by atoms with Crippen molar-refractivity contribution in [2.45, 2.75) is 25.4 Å². The molecule has 0 unspecified atom stereocenters. The van der Waals surface area contributed by atoms with Crippen LogP contribution in [-0.4, -0.2) is 52.7 Å². The van der Waals surface area contributed by atoms with Crippen LogP contribution in [0.2, 0.25) is 0 Å². The molecule has 0 N–H and O–H groups in total. The Balaban J connectivity index is 1.34. The molecule has 3 aromatic rings. The van der Waals surface area contributed by atoms with Crippen LogP contribution in [-0.2, 0) is 24.2 Å². The van der Waals surface area contributed by atoms with E-state index in [4.69, 9.17) is 4.74 Å². The zero-order valence-corrected chi connectivity index (χ0v) is 17.4. The first-order valence-electron chi connectivity index (χ1n) is 10.5. The first kappa shape index (κ1) is 19.4. The molecule has 7 heteroatoms. The summed E-state index contributed by atoms with van der Waals surface area (Å²) >= 11 is 0. The lowest BCUT2D eigenvalue weighted by molar-refractivity contribution is -0.123. The molecule has 0 saturated carbocycles. The van der Waals surface area contributed by atoms with Crippen molar-refractivity contribution in [3.63, 3.8) is 0 Å². The average molecular weight is 416 g/mol. The van der Waals surface area contributed by atoms with Crippen molar-refractivity contribution >= 4 is 17.5 Å². The molecular formula is C24H24N4O3. The van der Waals surface area contributed by atoms with Gasteiger partial charge in [-0.15, -0.1) is 0 Å². The fourth-order valence-corrected chi connectivity index (χ4v) is 4.27. The minimum Gasteiger partial charge on any atom is -0.489 e. The summed E-state index contributed by atoms with van der Waals surface area (Å²) in [6.45, 7) is 1.31. The maximum atomic E-state index is 13.3. The molecule has 2 aliphatic rings. The number of nitrogens with zero attached hydrogens (tertiary/aromatic N) is 4. The summed E-state index contributed by atoms with van der Waals surface area (Å²) in [6, 6.07) is 17.0. The van der Waals surface area contributed by atoms with Gasteiger partial charge >= 0.3 is 0 Å². The number of fused-ring (bicyclic) bond motifs is 2. The van der Waals surface area contributed by atoms with Gasteiger partial charge in [-0.3, -0.25) is 14.3 Å². The van der Waals surface area contributed by atoms with Crippen LogP contribution in [0.4, 0.5) is 5.69 Å². The maximum Gasteiger partial charge on any atom is 0.275 e. The number of aromatic nitrogens is 2. The number of amides is 2. The van der Waals surface area contributed by atoms with E-state index in [-0.39, 0.29) is 18.4 Å². The van der Waals surface area contributed by atoms with Crippen molar-refractivity contribution in [2.75, 3.05) is 25.1 Å². The van der Waals surface area contributed by atoms with Crippen LogP contribution in [0.3, 0.4) is 0 Å². The van der Waals surface area contributed by atoms with Gasteiger partial charge in [0.25, 0.3) is 11.8 Å². The van der Waals surface area contributed by atoms with Crippen molar-refractivity contribution in [2.24, 2.45) is 0 Å². The molecule has 5 rings (SSSR count). The third-order valence-corrected chi connectivity index (χ3v) is 6.01. The summed E-state index contributed by atoms with van der Waals surface area (Å²) in [4.78, 5) is 29.6. The van der Waals surface area contributed by atoms with Crippen LogP contribution >= 0.6 is 0 Å². The van der Waals surface area contributed by atoms with Crippen molar-refractivity contribution < 1.29 is 14.3 Å². The zero-order valence-electron chi connectivity index (χ0n) is 17.4. The summed E-state index contributed by atoms with van der Waals surface area (Å²) in [6.07, 6.45) is 3.48. The first-order chi connectivity index (χ1) is 15.1. The molecule has 158 valence electrons. The lowest BCUT2D eigenvalue weighted by atomic mass is 10.0. The molecule has 0 saturated heterocycles. The van der Waals surface area contributed by atoms with Gasteiger partial charge in [-0.2, -0.15) is 5.10 Å². The van der Waals surface area contributed by atoms with Gasteiger partial charge < -0.3 is 14.5 Å². The summed E-state index contributed by atoms with van der Waals surface area (Å²) in [5.41, 5.74) is 3.32. The van der Waals surface area contributed by atoms with Gasteiger partial charge in [0.15, 0.2) is 5.69 Å². The number of anilines is 1. The van der Waals surface area contributed by atoms with Crippen LogP contribution in [0, 0.1) is 0 Å². The van der Waals surface area contributed by atoms with Gasteiger partial charge in [-0.25, -0.2) is 0 Å². The van der Waals surface area contributed by atoms with E-state index in [1.807, 2.05) is 53.3 Å². The maximum absolute atomic E-state index is 13.3. The number of benzene rings is 2. The van der Waals surface area contributed by atoms with Gasteiger partial charge in [0.1, 0.15) is 18.4 Å². The number of likely N-dealkylation sites (N-methyl/N-ethyl adjacent to an activating group) is 1. The summed E-state index contributed by atoms with van der Waals surface area (Å²) in [5.74, 6) is 0.294. The highest BCUT2D eigenvalue weighted by molar-refractivity contribution is 6.03. The second-order valence-corrected chi connectivity index (χ2v) is 7.94. The van der Waals surface area contributed by atoms with Crippen molar-refractivity contribution in [1.29, 1.82) is 0 Å². The average Bonchev–Trinajstić information content (AvgIpc) is 3.18. The van der Waals surface area contributed by atoms with Gasteiger partial charge in [0, 0.05) is 31.9 Å². The molecular weight excluding hydrogens is 392 g/mol.